The van der Waals surface area contributed by atoms with Crippen LogP contribution in [0.5, 0.6) is 5.75 Å². The number of nitro groups is 1. The number of hydrogen-bond donors (Lipinski definition) is 1. The molecule has 0 aromatic heterocycles. The smallest absolute Gasteiger partial charge is 0.337 e. The average Bonchev–Trinajstić information content (AvgIpc) is 2.61. The number of ether oxygens (including phenoxy) is 2. The molecule has 0 fully saturated rings. The number of nitrogens with zero attached hydrogens (tertiary/aromatic N) is 1. The van der Waals surface area contributed by atoms with Crippen LogP contribution >= 0.6 is 0 Å². The molecule has 0 radical (unpaired) electrons. The normalized spacial score (nSPS) is 10.8. The number of benzene rings is 2. The Labute approximate surface area is 143 Å². The van der Waals surface area contributed by atoms with Crippen molar-refractivity contribution in [2.24, 2.45) is 0 Å². The van der Waals surface area contributed by atoms with Crippen LogP contribution in [0.1, 0.15) is 10.4 Å². The Morgan fingerprint density at radius 1 is 1.16 bits per heavy atom. The van der Waals surface area contributed by atoms with Gasteiger partial charge >= 0.3 is 5.97 Å². The summed E-state index contributed by atoms with van der Waals surface area (Å²) in [6.45, 7) is 0. The summed E-state index contributed by atoms with van der Waals surface area (Å²) in [4.78, 5) is 21.3. The van der Waals surface area contributed by atoms with Crippen molar-refractivity contribution < 1.29 is 27.6 Å². The van der Waals surface area contributed by atoms with Crippen molar-refractivity contribution in [3.63, 3.8) is 0 Å². The highest BCUT2D eigenvalue weighted by Crippen LogP contribution is 2.30. The van der Waals surface area contributed by atoms with E-state index in [2.05, 4.69) is 9.46 Å². The van der Waals surface area contributed by atoms with Gasteiger partial charge in [0, 0.05) is 6.07 Å². The van der Waals surface area contributed by atoms with E-state index < -0.39 is 31.5 Å². The van der Waals surface area contributed by atoms with Gasteiger partial charge in [0.1, 0.15) is 5.75 Å². The van der Waals surface area contributed by atoms with E-state index in [1.165, 1.54) is 44.6 Å². The van der Waals surface area contributed by atoms with Gasteiger partial charge in [-0.2, -0.15) is 0 Å². The molecule has 0 aliphatic rings. The number of nitrogens with one attached hydrogen (secondary N) is 1. The van der Waals surface area contributed by atoms with Gasteiger partial charge in [0.2, 0.25) is 0 Å². The Bertz CT molecular complexity index is 925. The fraction of sp³-hybridized carbons (Fsp3) is 0.133. The number of hydrogen-bond acceptors (Lipinski definition) is 7. The summed E-state index contributed by atoms with van der Waals surface area (Å²) in [7, 11) is -1.75. The van der Waals surface area contributed by atoms with Gasteiger partial charge in [-0.1, -0.05) is 12.1 Å². The van der Waals surface area contributed by atoms with E-state index in [0.29, 0.717) is 0 Å². The first kappa shape index (κ1) is 18.2. The maximum atomic E-state index is 12.5. The van der Waals surface area contributed by atoms with Crippen LogP contribution in [0, 0.1) is 10.1 Å². The van der Waals surface area contributed by atoms with Gasteiger partial charge in [0.05, 0.1) is 30.4 Å². The second kappa shape index (κ2) is 7.18. The second-order valence-corrected chi connectivity index (χ2v) is 6.39. The summed E-state index contributed by atoms with van der Waals surface area (Å²) < 4.78 is 36.9. The molecule has 0 amide bonds. The molecule has 2 aromatic carbocycles. The van der Waals surface area contributed by atoms with Crippen molar-refractivity contribution >= 4 is 27.4 Å². The first-order valence-electron chi connectivity index (χ1n) is 6.82. The van der Waals surface area contributed by atoms with Gasteiger partial charge < -0.3 is 9.47 Å². The SMILES string of the molecule is COC(=O)c1ccc(NS(=O)(=O)c2ccccc2[N+](=O)[O-])c(OC)c1. The topological polar surface area (TPSA) is 125 Å². The highest BCUT2D eigenvalue weighted by atomic mass is 32.2. The number of carbonyl (C=O) groups is 1. The number of carbonyl (C=O) groups excluding carboxylic acids is 1. The number of anilines is 1. The van der Waals surface area contributed by atoms with E-state index in [1.807, 2.05) is 0 Å². The van der Waals surface area contributed by atoms with Crippen molar-refractivity contribution in [2.45, 2.75) is 4.90 Å². The van der Waals surface area contributed by atoms with E-state index in [0.717, 1.165) is 12.1 Å². The zero-order valence-corrected chi connectivity index (χ0v) is 14.1. The van der Waals surface area contributed by atoms with Gasteiger partial charge in [-0.05, 0) is 24.3 Å². The third-order valence-electron chi connectivity index (χ3n) is 3.22. The summed E-state index contributed by atoms with van der Waals surface area (Å²) in [5, 5.41) is 11.0. The Morgan fingerprint density at radius 3 is 2.44 bits per heavy atom. The van der Waals surface area contributed by atoms with Crippen LogP contribution in [0.25, 0.3) is 0 Å². The average molecular weight is 366 g/mol. The molecule has 0 aliphatic carbocycles. The maximum Gasteiger partial charge on any atom is 0.337 e. The molecule has 1 N–H and O–H groups in total. The Morgan fingerprint density at radius 2 is 1.84 bits per heavy atom. The number of methoxy groups -OCH3 is 2. The zero-order valence-electron chi connectivity index (χ0n) is 13.3. The van der Waals surface area contributed by atoms with Gasteiger partial charge in [0.15, 0.2) is 4.90 Å². The van der Waals surface area contributed by atoms with Crippen molar-refractivity contribution in [3.05, 3.63) is 58.1 Å². The second-order valence-electron chi connectivity index (χ2n) is 4.74. The fourth-order valence-corrected chi connectivity index (χ4v) is 3.30. The molecule has 10 heteroatoms. The number of nitro benzene ring substituents is 1. The lowest BCUT2D eigenvalue weighted by molar-refractivity contribution is -0.387. The summed E-state index contributed by atoms with van der Waals surface area (Å²) >= 11 is 0. The van der Waals surface area contributed by atoms with Gasteiger partial charge in [-0.25, -0.2) is 13.2 Å². The molecular weight excluding hydrogens is 352 g/mol. The maximum absolute atomic E-state index is 12.5. The Kier molecular flexibility index (Phi) is 5.22. The molecule has 132 valence electrons. The van der Waals surface area contributed by atoms with E-state index in [1.54, 1.807) is 0 Å². The Balaban J connectivity index is 2.45. The van der Waals surface area contributed by atoms with Crippen molar-refractivity contribution in [1.29, 1.82) is 0 Å². The monoisotopic (exact) mass is 366 g/mol. The van der Waals surface area contributed by atoms with Crippen LogP contribution in [0.4, 0.5) is 11.4 Å². The largest absolute Gasteiger partial charge is 0.495 e. The Hall–Kier alpha value is -3.14. The molecule has 0 heterocycles. The molecule has 0 spiro atoms. The molecule has 2 rings (SSSR count). The first-order valence-corrected chi connectivity index (χ1v) is 8.31. The minimum absolute atomic E-state index is 0.0216. The third kappa shape index (κ3) is 3.86. The minimum atomic E-state index is -4.25. The molecule has 9 nitrogen and oxygen atoms in total. The van der Waals surface area contributed by atoms with Gasteiger partial charge in [0.25, 0.3) is 15.7 Å². The lowest BCUT2D eigenvalue weighted by Gasteiger charge is -2.13. The fourth-order valence-electron chi connectivity index (χ4n) is 2.06. The number of esters is 1. The van der Waals surface area contributed by atoms with Crippen molar-refractivity contribution in [2.75, 3.05) is 18.9 Å². The highest BCUT2D eigenvalue weighted by molar-refractivity contribution is 7.92. The van der Waals surface area contributed by atoms with Gasteiger partial charge in [-0.3, -0.25) is 14.8 Å². The van der Waals surface area contributed by atoms with Gasteiger partial charge in [-0.15, -0.1) is 0 Å². The summed E-state index contributed by atoms with van der Waals surface area (Å²) in [5.41, 5.74) is -0.374. The van der Waals surface area contributed by atoms with Crippen LogP contribution in [0.3, 0.4) is 0 Å². The summed E-state index contributed by atoms with van der Waals surface area (Å²) in [5.74, 6) is -0.559. The molecule has 0 aliphatic heterocycles. The molecule has 0 unspecified atom stereocenters. The van der Waals surface area contributed by atoms with Crippen LogP contribution in [0.15, 0.2) is 47.4 Å². The number of rotatable bonds is 6. The van der Waals surface area contributed by atoms with E-state index >= 15 is 0 Å². The molecule has 0 bridgehead atoms. The summed E-state index contributed by atoms with van der Waals surface area (Å²) in [6.07, 6.45) is 0. The lowest BCUT2D eigenvalue weighted by atomic mass is 10.2. The highest BCUT2D eigenvalue weighted by Gasteiger charge is 2.26. The van der Waals surface area contributed by atoms with Crippen molar-refractivity contribution in [3.8, 4) is 5.75 Å². The number of para-hydroxylation sites is 1. The molecule has 0 saturated heterocycles. The summed E-state index contributed by atoms with van der Waals surface area (Å²) in [6, 6.07) is 8.88. The van der Waals surface area contributed by atoms with Crippen LogP contribution in [-0.4, -0.2) is 33.5 Å². The molecule has 2 aromatic rings. The molecular formula is C15H14N2O7S. The lowest BCUT2D eigenvalue weighted by Crippen LogP contribution is -2.15. The molecule has 25 heavy (non-hydrogen) atoms. The van der Waals surface area contributed by atoms with E-state index in [4.69, 9.17) is 4.74 Å². The predicted octanol–water partition coefficient (Wildman–Crippen LogP) is 2.19. The standard InChI is InChI=1S/C15H14N2O7S/c1-23-13-9-10(15(18)24-2)7-8-11(13)16-25(21,22)14-6-4-3-5-12(14)17(19)20/h3-9,16H,1-2H3. The quantitative estimate of drug-likeness (QED) is 0.472. The zero-order chi connectivity index (χ0) is 18.6. The van der Waals surface area contributed by atoms with Crippen LogP contribution in [-0.2, 0) is 14.8 Å². The van der Waals surface area contributed by atoms with Crippen molar-refractivity contribution in [1.82, 2.24) is 0 Å². The number of sulfonamides is 1. The van der Waals surface area contributed by atoms with E-state index in [-0.39, 0.29) is 17.0 Å². The predicted molar refractivity (Wildman–Crippen MR) is 88.2 cm³/mol. The van der Waals surface area contributed by atoms with E-state index in [9.17, 15) is 23.3 Å². The minimum Gasteiger partial charge on any atom is -0.495 e. The molecule has 0 saturated carbocycles. The van der Waals surface area contributed by atoms with Crippen LogP contribution in [0.2, 0.25) is 0 Å². The third-order valence-corrected chi connectivity index (χ3v) is 4.63. The van der Waals surface area contributed by atoms with Crippen LogP contribution < -0.4 is 9.46 Å². The molecule has 0 atom stereocenters. The first-order chi connectivity index (χ1) is 11.8.